The first kappa shape index (κ1) is 13.1. The Morgan fingerprint density at radius 2 is 2.06 bits per heavy atom. The third-order valence-electron chi connectivity index (χ3n) is 1.77. The summed E-state index contributed by atoms with van der Waals surface area (Å²) in [5, 5.41) is 2.79. The van der Waals surface area contributed by atoms with Gasteiger partial charge in [-0.2, -0.15) is 13.2 Å². The number of hydrogen-bond acceptors (Lipinski definition) is 1. The minimum absolute atomic E-state index is 0.0270. The van der Waals surface area contributed by atoms with E-state index in [1.165, 1.54) is 6.07 Å². The van der Waals surface area contributed by atoms with Crippen molar-refractivity contribution >= 4 is 15.9 Å². The van der Waals surface area contributed by atoms with Gasteiger partial charge in [-0.1, -0.05) is 27.8 Å². The summed E-state index contributed by atoms with van der Waals surface area (Å²) >= 11 is 2.87. The van der Waals surface area contributed by atoms with Crippen LogP contribution in [0.2, 0.25) is 0 Å². The molecule has 0 bridgehead atoms. The number of nitrogens with one attached hydrogen (secondary N) is 1. The maximum Gasteiger partial charge on any atom is 0.417 e. The Hall–Kier alpha value is -0.990. The summed E-state index contributed by atoms with van der Waals surface area (Å²) in [6.07, 6.45) is -4.36. The van der Waals surface area contributed by atoms with Crippen molar-refractivity contribution in [3.05, 3.63) is 33.8 Å². The van der Waals surface area contributed by atoms with Gasteiger partial charge in [-0.15, -0.1) is 0 Å². The van der Waals surface area contributed by atoms with Gasteiger partial charge in [-0.05, 0) is 25.2 Å². The van der Waals surface area contributed by atoms with Crippen LogP contribution in [0.3, 0.4) is 0 Å². The molecule has 0 spiro atoms. The zero-order chi connectivity index (χ0) is 12.2. The molecule has 0 fully saturated rings. The van der Waals surface area contributed by atoms with Crippen LogP contribution in [-0.2, 0) is 6.18 Å². The van der Waals surface area contributed by atoms with Gasteiger partial charge >= 0.3 is 6.18 Å². The Kier molecular flexibility index (Phi) is 4.39. The van der Waals surface area contributed by atoms with Crippen LogP contribution in [-0.4, -0.2) is 13.6 Å². The van der Waals surface area contributed by atoms with Crippen LogP contribution >= 0.6 is 15.9 Å². The molecule has 0 saturated heterocycles. The molecule has 0 saturated carbocycles. The molecule has 0 aliphatic rings. The van der Waals surface area contributed by atoms with Gasteiger partial charge in [0.1, 0.15) is 0 Å². The number of halogens is 4. The first-order valence-corrected chi connectivity index (χ1v) is 5.24. The highest BCUT2D eigenvalue weighted by Gasteiger charge is 2.32. The fraction of sp³-hybridized carbons (Fsp3) is 0.273. The van der Waals surface area contributed by atoms with Crippen LogP contribution in [0.15, 0.2) is 22.7 Å². The van der Waals surface area contributed by atoms with Crippen LogP contribution < -0.4 is 5.32 Å². The first-order chi connectivity index (χ1) is 7.45. The van der Waals surface area contributed by atoms with Gasteiger partial charge in [0.15, 0.2) is 0 Å². The molecule has 0 amide bonds. The van der Waals surface area contributed by atoms with Crippen LogP contribution in [0.4, 0.5) is 13.2 Å². The summed E-state index contributed by atoms with van der Waals surface area (Å²) in [5.74, 6) is 5.36. The fourth-order valence-corrected chi connectivity index (χ4v) is 1.53. The molecule has 0 aliphatic carbocycles. The van der Waals surface area contributed by atoms with Crippen LogP contribution in [0.25, 0.3) is 0 Å². The van der Waals surface area contributed by atoms with E-state index in [0.29, 0.717) is 12.1 Å². The molecule has 0 unspecified atom stereocenters. The predicted octanol–water partition coefficient (Wildman–Crippen LogP) is 3.04. The van der Waals surface area contributed by atoms with Crippen molar-refractivity contribution in [3.63, 3.8) is 0 Å². The molecule has 1 aromatic carbocycles. The molecule has 0 aromatic heterocycles. The van der Waals surface area contributed by atoms with E-state index in [2.05, 4.69) is 33.1 Å². The third kappa shape index (κ3) is 3.54. The summed E-state index contributed by atoms with van der Waals surface area (Å²) in [7, 11) is 1.72. The van der Waals surface area contributed by atoms with Crippen LogP contribution in [0.1, 0.15) is 11.1 Å². The first-order valence-electron chi connectivity index (χ1n) is 4.45. The molecular formula is C11H9BrF3N. The van der Waals surface area contributed by atoms with Crippen molar-refractivity contribution in [2.24, 2.45) is 0 Å². The lowest BCUT2D eigenvalue weighted by atomic mass is 10.1. The van der Waals surface area contributed by atoms with Gasteiger partial charge < -0.3 is 5.32 Å². The molecule has 0 atom stereocenters. The Morgan fingerprint density at radius 3 is 2.62 bits per heavy atom. The van der Waals surface area contributed by atoms with Gasteiger partial charge in [-0.25, -0.2) is 0 Å². The van der Waals surface area contributed by atoms with E-state index in [4.69, 9.17) is 0 Å². The van der Waals surface area contributed by atoms with E-state index in [1.807, 2.05) is 0 Å². The van der Waals surface area contributed by atoms with Crippen molar-refractivity contribution in [1.82, 2.24) is 5.32 Å². The average Bonchev–Trinajstić information content (AvgIpc) is 2.19. The molecule has 16 heavy (non-hydrogen) atoms. The number of alkyl halides is 3. The second-order valence-corrected chi connectivity index (χ2v) is 3.88. The summed E-state index contributed by atoms with van der Waals surface area (Å²) in [5.41, 5.74) is -0.352. The monoisotopic (exact) mass is 291 g/mol. The molecule has 1 N–H and O–H groups in total. The van der Waals surface area contributed by atoms with Crippen LogP contribution in [0.5, 0.6) is 0 Å². The molecule has 1 nitrogen and oxygen atoms in total. The maximum atomic E-state index is 12.5. The van der Waals surface area contributed by atoms with Crippen LogP contribution in [0, 0.1) is 11.8 Å². The molecule has 5 heteroatoms. The molecule has 86 valence electrons. The summed E-state index contributed by atoms with van der Waals surface area (Å²) < 4.78 is 37.6. The van der Waals surface area contributed by atoms with Gasteiger partial charge in [0, 0.05) is 10.0 Å². The Bertz CT molecular complexity index is 429. The van der Waals surface area contributed by atoms with Crippen molar-refractivity contribution in [1.29, 1.82) is 0 Å². The second-order valence-electron chi connectivity index (χ2n) is 3.02. The van der Waals surface area contributed by atoms with E-state index >= 15 is 0 Å². The lowest BCUT2D eigenvalue weighted by molar-refractivity contribution is -0.138. The molecule has 0 radical (unpaired) electrons. The second kappa shape index (κ2) is 5.37. The van der Waals surface area contributed by atoms with E-state index < -0.39 is 11.7 Å². The van der Waals surface area contributed by atoms with Crippen molar-refractivity contribution < 1.29 is 13.2 Å². The van der Waals surface area contributed by atoms with Gasteiger partial charge in [0.05, 0.1) is 12.1 Å². The normalized spacial score (nSPS) is 10.8. The summed E-state index contributed by atoms with van der Waals surface area (Å²) in [4.78, 5) is 0. The fourth-order valence-electron chi connectivity index (χ4n) is 1.05. The van der Waals surface area contributed by atoms with Gasteiger partial charge in [0.2, 0.25) is 0 Å². The molecule has 0 aliphatic heterocycles. The largest absolute Gasteiger partial charge is 0.417 e. The highest BCUT2D eigenvalue weighted by Crippen LogP contribution is 2.35. The predicted molar refractivity (Wildman–Crippen MR) is 59.9 cm³/mol. The molecule has 1 rings (SSSR count). The summed E-state index contributed by atoms with van der Waals surface area (Å²) in [6, 6.07) is 3.93. The van der Waals surface area contributed by atoms with Crippen molar-refractivity contribution in [3.8, 4) is 11.8 Å². The Labute approximate surface area is 100 Å². The van der Waals surface area contributed by atoms with E-state index in [1.54, 1.807) is 13.1 Å². The van der Waals surface area contributed by atoms with E-state index in [0.717, 1.165) is 6.07 Å². The lowest BCUT2D eigenvalue weighted by Crippen LogP contribution is -2.06. The molecule has 0 heterocycles. The van der Waals surface area contributed by atoms with E-state index in [9.17, 15) is 13.2 Å². The third-order valence-corrected chi connectivity index (χ3v) is 2.46. The lowest BCUT2D eigenvalue weighted by Gasteiger charge is -2.08. The number of rotatable bonds is 1. The van der Waals surface area contributed by atoms with E-state index in [-0.39, 0.29) is 4.47 Å². The average molecular weight is 292 g/mol. The standard InChI is InChI=1S/C11H9BrF3N/c1-16-6-2-3-8-4-5-10(12)9(7-8)11(13,14)15/h4-5,7,16H,6H2,1H3. The SMILES string of the molecule is CNCC#Cc1ccc(Br)c(C(F)(F)F)c1. The Balaban J connectivity index is 3.05. The van der Waals surface area contributed by atoms with Gasteiger partial charge in [-0.3, -0.25) is 0 Å². The molecular weight excluding hydrogens is 283 g/mol. The quantitative estimate of drug-likeness (QED) is 0.785. The Morgan fingerprint density at radius 1 is 1.38 bits per heavy atom. The zero-order valence-electron chi connectivity index (χ0n) is 8.45. The highest BCUT2D eigenvalue weighted by molar-refractivity contribution is 9.10. The van der Waals surface area contributed by atoms with Gasteiger partial charge in [0.25, 0.3) is 0 Å². The zero-order valence-corrected chi connectivity index (χ0v) is 10.0. The minimum atomic E-state index is -4.36. The minimum Gasteiger partial charge on any atom is -0.309 e. The van der Waals surface area contributed by atoms with Crippen molar-refractivity contribution in [2.45, 2.75) is 6.18 Å². The smallest absolute Gasteiger partial charge is 0.309 e. The highest BCUT2D eigenvalue weighted by atomic mass is 79.9. The number of benzene rings is 1. The molecule has 1 aromatic rings. The maximum absolute atomic E-state index is 12.5. The number of hydrogen-bond donors (Lipinski definition) is 1. The van der Waals surface area contributed by atoms with Crippen molar-refractivity contribution in [2.75, 3.05) is 13.6 Å². The summed E-state index contributed by atoms with van der Waals surface area (Å²) in [6.45, 7) is 0.442. The topological polar surface area (TPSA) is 12.0 Å².